The SMILES string of the molecule is COc1cc(Br)c(CCC(=O)Oc2ccc(/C=C(\C#N)C(=O)N3CCOCC3)cc2OC)cc1OC. The molecule has 2 aromatic rings. The first-order valence-electron chi connectivity index (χ1n) is 11.2. The van der Waals surface area contributed by atoms with Crippen molar-refractivity contribution in [2.45, 2.75) is 12.8 Å². The summed E-state index contributed by atoms with van der Waals surface area (Å²) in [6.07, 6.45) is 2.02. The Balaban J connectivity index is 1.69. The number of esters is 1. The topological polar surface area (TPSA) is 107 Å². The van der Waals surface area contributed by atoms with E-state index in [9.17, 15) is 14.9 Å². The molecule has 0 bridgehead atoms. The van der Waals surface area contributed by atoms with Gasteiger partial charge < -0.3 is 28.6 Å². The number of hydrogen-bond donors (Lipinski definition) is 0. The Kier molecular flexibility index (Phi) is 9.73. The molecule has 36 heavy (non-hydrogen) atoms. The van der Waals surface area contributed by atoms with E-state index in [2.05, 4.69) is 15.9 Å². The van der Waals surface area contributed by atoms with Crippen LogP contribution in [0, 0.1) is 11.3 Å². The van der Waals surface area contributed by atoms with E-state index in [-0.39, 0.29) is 23.7 Å². The molecule has 9 nitrogen and oxygen atoms in total. The van der Waals surface area contributed by atoms with Crippen molar-refractivity contribution in [1.29, 1.82) is 5.26 Å². The van der Waals surface area contributed by atoms with Crippen molar-refractivity contribution in [2.24, 2.45) is 0 Å². The number of benzene rings is 2. The minimum absolute atomic E-state index is 0.00388. The fraction of sp³-hybridized carbons (Fsp3) is 0.346. The number of methoxy groups -OCH3 is 3. The predicted octanol–water partition coefficient (Wildman–Crippen LogP) is 3.78. The second-order valence-electron chi connectivity index (χ2n) is 7.76. The quantitative estimate of drug-likeness (QED) is 0.198. The Hall–Kier alpha value is -3.55. The number of morpholine rings is 1. The van der Waals surface area contributed by atoms with Gasteiger partial charge >= 0.3 is 5.97 Å². The van der Waals surface area contributed by atoms with Crippen molar-refractivity contribution in [1.82, 2.24) is 4.90 Å². The monoisotopic (exact) mass is 558 g/mol. The van der Waals surface area contributed by atoms with Gasteiger partial charge in [-0.1, -0.05) is 22.0 Å². The number of ether oxygens (including phenoxy) is 5. The number of amides is 1. The van der Waals surface area contributed by atoms with Crippen molar-refractivity contribution in [3.8, 4) is 29.1 Å². The molecule has 0 aliphatic carbocycles. The average molecular weight is 559 g/mol. The van der Waals surface area contributed by atoms with Crippen LogP contribution in [0.15, 0.2) is 40.4 Å². The van der Waals surface area contributed by atoms with E-state index in [1.807, 2.05) is 12.1 Å². The summed E-state index contributed by atoms with van der Waals surface area (Å²) in [7, 11) is 4.55. The van der Waals surface area contributed by atoms with Gasteiger partial charge in [-0.05, 0) is 47.9 Å². The number of rotatable bonds is 9. The van der Waals surface area contributed by atoms with E-state index in [1.54, 1.807) is 43.4 Å². The molecule has 0 saturated carbocycles. The second-order valence-corrected chi connectivity index (χ2v) is 8.61. The zero-order valence-electron chi connectivity index (χ0n) is 20.3. The highest BCUT2D eigenvalue weighted by Gasteiger charge is 2.21. The molecule has 2 aromatic carbocycles. The molecular formula is C26H27BrN2O7. The van der Waals surface area contributed by atoms with Crippen molar-refractivity contribution < 1.29 is 33.3 Å². The number of carbonyl (C=O) groups excluding carboxylic acids is 2. The highest BCUT2D eigenvalue weighted by atomic mass is 79.9. The summed E-state index contributed by atoms with van der Waals surface area (Å²) in [5, 5.41) is 9.51. The van der Waals surface area contributed by atoms with Gasteiger partial charge in [0.15, 0.2) is 23.0 Å². The van der Waals surface area contributed by atoms with Gasteiger partial charge in [0.25, 0.3) is 5.91 Å². The number of aryl methyl sites for hydroxylation is 1. The largest absolute Gasteiger partial charge is 0.493 e. The molecule has 3 rings (SSSR count). The van der Waals surface area contributed by atoms with Gasteiger partial charge in [0.2, 0.25) is 0 Å². The maximum Gasteiger partial charge on any atom is 0.311 e. The normalized spacial score (nSPS) is 13.5. The van der Waals surface area contributed by atoms with Gasteiger partial charge in [0, 0.05) is 17.6 Å². The molecule has 190 valence electrons. The number of halogens is 1. The van der Waals surface area contributed by atoms with Gasteiger partial charge in [-0.25, -0.2) is 0 Å². The predicted molar refractivity (Wildman–Crippen MR) is 135 cm³/mol. The summed E-state index contributed by atoms with van der Waals surface area (Å²) in [5.74, 6) is 0.902. The lowest BCUT2D eigenvalue weighted by Crippen LogP contribution is -2.41. The molecule has 1 saturated heterocycles. The van der Waals surface area contributed by atoms with Crippen LogP contribution in [0.1, 0.15) is 17.5 Å². The standard InChI is InChI=1S/C26H27BrN2O7/c1-32-22-13-17(12-19(16-28)26(31)29-8-10-35-11-9-29)4-6-21(22)36-25(30)7-5-18-14-23(33-2)24(34-3)15-20(18)27/h4,6,12-15H,5,7-11H2,1-3H3/b19-12+. The van der Waals surface area contributed by atoms with Crippen LogP contribution in [-0.2, 0) is 20.7 Å². The third kappa shape index (κ3) is 6.77. The van der Waals surface area contributed by atoms with Crippen LogP contribution in [0.4, 0.5) is 0 Å². The maximum absolute atomic E-state index is 12.7. The minimum Gasteiger partial charge on any atom is -0.493 e. The molecule has 0 spiro atoms. The Labute approximate surface area is 218 Å². The molecule has 0 aromatic heterocycles. The van der Waals surface area contributed by atoms with E-state index in [4.69, 9.17) is 23.7 Å². The first-order chi connectivity index (χ1) is 17.4. The Morgan fingerprint density at radius 1 is 1.03 bits per heavy atom. The van der Waals surface area contributed by atoms with E-state index in [0.717, 1.165) is 10.0 Å². The molecular weight excluding hydrogens is 532 g/mol. The number of nitrogens with zero attached hydrogens (tertiary/aromatic N) is 2. The van der Waals surface area contributed by atoms with Gasteiger partial charge in [-0.3, -0.25) is 9.59 Å². The Morgan fingerprint density at radius 2 is 1.67 bits per heavy atom. The lowest BCUT2D eigenvalue weighted by molar-refractivity contribution is -0.134. The van der Waals surface area contributed by atoms with Crippen LogP contribution in [0.2, 0.25) is 0 Å². The summed E-state index contributed by atoms with van der Waals surface area (Å²) in [5.41, 5.74) is 1.44. The molecule has 0 atom stereocenters. The summed E-state index contributed by atoms with van der Waals surface area (Å²) >= 11 is 3.49. The molecule has 0 radical (unpaired) electrons. The highest BCUT2D eigenvalue weighted by molar-refractivity contribution is 9.10. The van der Waals surface area contributed by atoms with Gasteiger partial charge in [-0.2, -0.15) is 5.26 Å². The average Bonchev–Trinajstić information content (AvgIpc) is 2.91. The highest BCUT2D eigenvalue weighted by Crippen LogP contribution is 2.34. The van der Waals surface area contributed by atoms with Gasteiger partial charge in [0.05, 0.1) is 41.0 Å². The second kappa shape index (κ2) is 13.0. The van der Waals surface area contributed by atoms with Crippen molar-refractivity contribution in [3.63, 3.8) is 0 Å². The molecule has 1 aliphatic heterocycles. The fourth-order valence-corrected chi connectivity index (χ4v) is 4.12. The summed E-state index contributed by atoms with van der Waals surface area (Å²) in [6, 6.07) is 10.4. The van der Waals surface area contributed by atoms with E-state index < -0.39 is 5.97 Å². The molecule has 0 unspecified atom stereocenters. The van der Waals surface area contributed by atoms with Crippen molar-refractivity contribution in [3.05, 3.63) is 51.5 Å². The van der Waals surface area contributed by atoms with Crippen LogP contribution in [0.3, 0.4) is 0 Å². The first kappa shape index (κ1) is 27.0. The maximum atomic E-state index is 12.7. The molecule has 1 aliphatic rings. The van der Waals surface area contributed by atoms with Gasteiger partial charge in [-0.15, -0.1) is 0 Å². The van der Waals surface area contributed by atoms with E-state index in [1.165, 1.54) is 13.2 Å². The zero-order valence-corrected chi connectivity index (χ0v) is 21.9. The summed E-state index contributed by atoms with van der Waals surface area (Å²) in [6.45, 7) is 1.77. The smallest absolute Gasteiger partial charge is 0.311 e. The molecule has 0 N–H and O–H groups in total. The number of hydrogen-bond acceptors (Lipinski definition) is 8. The van der Waals surface area contributed by atoms with E-state index >= 15 is 0 Å². The fourth-order valence-electron chi connectivity index (χ4n) is 3.60. The third-order valence-electron chi connectivity index (χ3n) is 5.52. The third-order valence-corrected chi connectivity index (χ3v) is 6.26. The summed E-state index contributed by atoms with van der Waals surface area (Å²) in [4.78, 5) is 26.8. The van der Waals surface area contributed by atoms with Gasteiger partial charge in [0.1, 0.15) is 11.6 Å². The lowest BCUT2D eigenvalue weighted by Gasteiger charge is -2.26. The summed E-state index contributed by atoms with van der Waals surface area (Å²) < 4.78 is 27.6. The lowest BCUT2D eigenvalue weighted by atomic mass is 10.1. The first-order valence-corrected chi connectivity index (χ1v) is 12.0. The number of carbonyl (C=O) groups is 2. The zero-order chi connectivity index (χ0) is 26.1. The number of nitriles is 1. The molecule has 1 fully saturated rings. The van der Waals surface area contributed by atoms with Crippen LogP contribution in [0.25, 0.3) is 6.08 Å². The van der Waals surface area contributed by atoms with E-state index in [0.29, 0.717) is 55.5 Å². The minimum atomic E-state index is -0.446. The Morgan fingerprint density at radius 3 is 2.31 bits per heavy atom. The van der Waals surface area contributed by atoms with Crippen LogP contribution < -0.4 is 18.9 Å². The molecule has 1 heterocycles. The van der Waals surface area contributed by atoms with Crippen LogP contribution in [0.5, 0.6) is 23.0 Å². The van der Waals surface area contributed by atoms with Crippen LogP contribution in [-0.4, -0.2) is 64.4 Å². The van der Waals surface area contributed by atoms with Crippen LogP contribution >= 0.6 is 15.9 Å². The Bertz CT molecular complexity index is 1180. The van der Waals surface area contributed by atoms with Crippen molar-refractivity contribution in [2.75, 3.05) is 47.6 Å². The molecule has 10 heteroatoms. The van der Waals surface area contributed by atoms with Crippen molar-refractivity contribution >= 4 is 33.9 Å². The molecule has 1 amide bonds.